The summed E-state index contributed by atoms with van der Waals surface area (Å²) in [4.78, 5) is 0. The second kappa shape index (κ2) is 5.84. The van der Waals surface area contributed by atoms with Gasteiger partial charge in [-0.05, 0) is 43.5 Å². The molecule has 112 valence electrons. The molecule has 0 spiro atoms. The molecule has 0 fully saturated rings. The smallest absolute Gasteiger partial charge is 0.0490 e. The first-order valence-corrected chi connectivity index (χ1v) is 7.96. The maximum absolute atomic E-state index is 2.48. The molecule has 1 heterocycles. The lowest BCUT2D eigenvalue weighted by molar-refractivity contribution is 0.351. The van der Waals surface area contributed by atoms with Crippen LogP contribution in [-0.4, -0.2) is 4.57 Å². The Balaban J connectivity index is 2.23. The molecule has 0 saturated heterocycles. The van der Waals surface area contributed by atoms with Crippen molar-refractivity contribution in [2.75, 3.05) is 0 Å². The van der Waals surface area contributed by atoms with Gasteiger partial charge in [-0.1, -0.05) is 67.6 Å². The molecule has 22 heavy (non-hydrogen) atoms. The van der Waals surface area contributed by atoms with E-state index in [4.69, 9.17) is 0 Å². The largest absolute Gasteiger partial charge is 0.335 e. The van der Waals surface area contributed by atoms with Gasteiger partial charge in [0.15, 0.2) is 0 Å². The van der Waals surface area contributed by atoms with Crippen molar-refractivity contribution < 1.29 is 0 Å². The van der Waals surface area contributed by atoms with Gasteiger partial charge < -0.3 is 4.57 Å². The van der Waals surface area contributed by atoms with Crippen LogP contribution in [0, 0.1) is 0 Å². The third-order valence-corrected chi connectivity index (χ3v) is 4.49. The standard InChI is InChI=1S/C21H23N/c1-4-21(2,3)22-19(17-11-7-5-8-12-17)15-16-20(22)18-13-9-6-10-14-18/h5-16H,4H2,1-3H3. The lowest BCUT2D eigenvalue weighted by Crippen LogP contribution is -2.26. The molecule has 2 aromatic carbocycles. The minimum atomic E-state index is 0.0693. The van der Waals surface area contributed by atoms with E-state index < -0.39 is 0 Å². The van der Waals surface area contributed by atoms with E-state index in [1.165, 1.54) is 22.5 Å². The summed E-state index contributed by atoms with van der Waals surface area (Å²) in [6.07, 6.45) is 1.08. The molecular weight excluding hydrogens is 266 g/mol. The average molecular weight is 289 g/mol. The maximum Gasteiger partial charge on any atom is 0.0490 e. The highest BCUT2D eigenvalue weighted by Crippen LogP contribution is 2.36. The minimum absolute atomic E-state index is 0.0693. The maximum atomic E-state index is 2.48. The molecule has 1 nitrogen and oxygen atoms in total. The minimum Gasteiger partial charge on any atom is -0.335 e. The number of aromatic nitrogens is 1. The molecule has 0 N–H and O–H groups in total. The van der Waals surface area contributed by atoms with Gasteiger partial charge in [0.25, 0.3) is 0 Å². The summed E-state index contributed by atoms with van der Waals surface area (Å²) in [5.41, 5.74) is 5.18. The van der Waals surface area contributed by atoms with Gasteiger partial charge in [-0.15, -0.1) is 0 Å². The van der Waals surface area contributed by atoms with Crippen molar-refractivity contribution in [3.8, 4) is 22.5 Å². The van der Waals surface area contributed by atoms with Crippen LogP contribution in [0.15, 0.2) is 72.8 Å². The fraction of sp³-hybridized carbons (Fsp3) is 0.238. The first-order valence-electron chi connectivity index (χ1n) is 7.96. The van der Waals surface area contributed by atoms with Crippen molar-refractivity contribution in [3.05, 3.63) is 72.8 Å². The number of rotatable bonds is 4. The van der Waals surface area contributed by atoms with E-state index in [0.717, 1.165) is 6.42 Å². The molecule has 3 aromatic rings. The fourth-order valence-corrected chi connectivity index (χ4v) is 2.92. The fourth-order valence-electron chi connectivity index (χ4n) is 2.92. The van der Waals surface area contributed by atoms with E-state index in [2.05, 4.69) is 98.1 Å². The summed E-state index contributed by atoms with van der Waals surface area (Å²) in [5, 5.41) is 0. The van der Waals surface area contributed by atoms with Crippen LogP contribution in [-0.2, 0) is 5.54 Å². The first kappa shape index (κ1) is 14.6. The van der Waals surface area contributed by atoms with E-state index >= 15 is 0 Å². The summed E-state index contributed by atoms with van der Waals surface area (Å²) in [6.45, 7) is 6.88. The van der Waals surface area contributed by atoms with E-state index in [1.807, 2.05) is 0 Å². The van der Waals surface area contributed by atoms with Gasteiger partial charge in [0, 0.05) is 16.9 Å². The molecule has 0 atom stereocenters. The van der Waals surface area contributed by atoms with Crippen LogP contribution in [0.1, 0.15) is 27.2 Å². The molecule has 3 rings (SSSR count). The molecular formula is C21H23N. The molecule has 0 amide bonds. The van der Waals surface area contributed by atoms with Crippen LogP contribution in [0.5, 0.6) is 0 Å². The SMILES string of the molecule is CCC(C)(C)n1c(-c2ccccc2)ccc1-c1ccccc1. The van der Waals surface area contributed by atoms with Crippen molar-refractivity contribution in [1.29, 1.82) is 0 Å². The van der Waals surface area contributed by atoms with Gasteiger partial charge in [0.2, 0.25) is 0 Å². The van der Waals surface area contributed by atoms with Crippen LogP contribution >= 0.6 is 0 Å². The zero-order valence-electron chi connectivity index (χ0n) is 13.6. The van der Waals surface area contributed by atoms with Gasteiger partial charge in [-0.2, -0.15) is 0 Å². The molecule has 0 aliphatic heterocycles. The lowest BCUT2D eigenvalue weighted by Gasteiger charge is -2.31. The Morgan fingerprint density at radius 1 is 0.682 bits per heavy atom. The molecule has 0 aliphatic rings. The van der Waals surface area contributed by atoms with E-state index in [1.54, 1.807) is 0 Å². The Labute approximate surface area is 133 Å². The Hall–Kier alpha value is -2.28. The second-order valence-electron chi connectivity index (χ2n) is 6.34. The molecule has 0 aliphatic carbocycles. The van der Waals surface area contributed by atoms with Crippen LogP contribution in [0.25, 0.3) is 22.5 Å². The predicted molar refractivity (Wildman–Crippen MR) is 94.9 cm³/mol. The predicted octanol–water partition coefficient (Wildman–Crippen LogP) is 5.97. The molecule has 1 heteroatoms. The Kier molecular flexibility index (Phi) is 3.89. The zero-order chi connectivity index (χ0) is 15.6. The highest BCUT2D eigenvalue weighted by molar-refractivity contribution is 5.70. The summed E-state index contributed by atoms with van der Waals surface area (Å²) in [5.74, 6) is 0. The number of benzene rings is 2. The van der Waals surface area contributed by atoms with E-state index in [-0.39, 0.29) is 5.54 Å². The van der Waals surface area contributed by atoms with E-state index in [9.17, 15) is 0 Å². The topological polar surface area (TPSA) is 4.93 Å². The summed E-state index contributed by atoms with van der Waals surface area (Å²) >= 11 is 0. The van der Waals surface area contributed by atoms with Crippen LogP contribution in [0.4, 0.5) is 0 Å². The lowest BCUT2D eigenvalue weighted by atomic mass is 9.99. The van der Waals surface area contributed by atoms with Crippen molar-refractivity contribution in [1.82, 2.24) is 4.57 Å². The van der Waals surface area contributed by atoms with Gasteiger partial charge in [-0.25, -0.2) is 0 Å². The quantitative estimate of drug-likeness (QED) is 0.558. The van der Waals surface area contributed by atoms with Crippen LogP contribution < -0.4 is 0 Å². The number of hydrogen-bond acceptors (Lipinski definition) is 0. The summed E-state index contributed by atoms with van der Waals surface area (Å²) < 4.78 is 2.48. The molecule has 0 unspecified atom stereocenters. The van der Waals surface area contributed by atoms with Crippen molar-refractivity contribution >= 4 is 0 Å². The molecule has 0 saturated carbocycles. The van der Waals surface area contributed by atoms with Crippen molar-refractivity contribution in [3.63, 3.8) is 0 Å². The van der Waals surface area contributed by atoms with Gasteiger partial charge in [0.1, 0.15) is 0 Å². The number of nitrogens with zero attached hydrogens (tertiary/aromatic N) is 1. The Morgan fingerprint density at radius 3 is 1.45 bits per heavy atom. The van der Waals surface area contributed by atoms with Gasteiger partial charge in [-0.3, -0.25) is 0 Å². The van der Waals surface area contributed by atoms with Crippen molar-refractivity contribution in [2.24, 2.45) is 0 Å². The third-order valence-electron chi connectivity index (χ3n) is 4.49. The molecule has 1 aromatic heterocycles. The van der Waals surface area contributed by atoms with Gasteiger partial charge in [0.05, 0.1) is 0 Å². The van der Waals surface area contributed by atoms with E-state index in [0.29, 0.717) is 0 Å². The molecule has 0 bridgehead atoms. The first-order chi connectivity index (χ1) is 10.6. The van der Waals surface area contributed by atoms with Crippen LogP contribution in [0.2, 0.25) is 0 Å². The van der Waals surface area contributed by atoms with Gasteiger partial charge >= 0.3 is 0 Å². The summed E-state index contributed by atoms with van der Waals surface area (Å²) in [6, 6.07) is 25.8. The molecule has 0 radical (unpaired) electrons. The second-order valence-corrected chi connectivity index (χ2v) is 6.34. The van der Waals surface area contributed by atoms with Crippen molar-refractivity contribution in [2.45, 2.75) is 32.7 Å². The highest BCUT2D eigenvalue weighted by atomic mass is 15.1. The van der Waals surface area contributed by atoms with Crippen LogP contribution in [0.3, 0.4) is 0 Å². The Morgan fingerprint density at radius 2 is 1.09 bits per heavy atom. The third kappa shape index (κ3) is 2.59. The Bertz CT molecular complexity index is 679. The monoisotopic (exact) mass is 289 g/mol. The summed E-state index contributed by atoms with van der Waals surface area (Å²) in [7, 11) is 0. The average Bonchev–Trinajstić information content (AvgIpc) is 3.02. The zero-order valence-corrected chi connectivity index (χ0v) is 13.6. The number of hydrogen-bond donors (Lipinski definition) is 0. The normalized spacial score (nSPS) is 11.6. The highest BCUT2D eigenvalue weighted by Gasteiger charge is 2.24.